The fourth-order valence-corrected chi connectivity index (χ4v) is 2.84. The second kappa shape index (κ2) is 5.96. The zero-order valence-electron chi connectivity index (χ0n) is 12.4. The molecule has 2 saturated carbocycles. The van der Waals surface area contributed by atoms with Gasteiger partial charge in [0.1, 0.15) is 0 Å². The largest absolute Gasteiger partial charge is 0.493 e. The summed E-state index contributed by atoms with van der Waals surface area (Å²) in [5, 5.41) is 9.20. The van der Waals surface area contributed by atoms with E-state index in [1.165, 1.54) is 12.8 Å². The molecular formula is C17H22O4. The first-order valence-electron chi connectivity index (χ1n) is 7.70. The molecule has 0 amide bonds. The number of para-hydroxylation sites is 1. The molecule has 1 unspecified atom stereocenters. The molecule has 4 nitrogen and oxygen atoms in total. The van der Waals surface area contributed by atoms with Gasteiger partial charge in [0, 0.05) is 11.5 Å². The van der Waals surface area contributed by atoms with Gasteiger partial charge in [0.15, 0.2) is 11.5 Å². The molecular weight excluding hydrogens is 268 g/mol. The van der Waals surface area contributed by atoms with Gasteiger partial charge in [-0.05, 0) is 43.6 Å². The molecule has 0 spiro atoms. The molecule has 21 heavy (non-hydrogen) atoms. The fraction of sp³-hybridized carbons (Fsp3) is 0.588. The molecule has 1 aromatic carbocycles. The second-order valence-electron chi connectivity index (χ2n) is 6.17. The summed E-state index contributed by atoms with van der Waals surface area (Å²) in [5.41, 5.74) is 1.000. The normalized spacial score (nSPS) is 19.1. The summed E-state index contributed by atoms with van der Waals surface area (Å²) in [4.78, 5) is 11.2. The molecule has 2 aliphatic carbocycles. The molecule has 1 N–H and O–H groups in total. The van der Waals surface area contributed by atoms with E-state index >= 15 is 0 Å². The van der Waals surface area contributed by atoms with E-state index in [0.29, 0.717) is 24.2 Å². The maximum Gasteiger partial charge on any atom is 0.303 e. The van der Waals surface area contributed by atoms with E-state index in [0.717, 1.165) is 24.2 Å². The minimum Gasteiger partial charge on any atom is -0.493 e. The topological polar surface area (TPSA) is 55.8 Å². The Labute approximate surface area is 125 Å². The Kier molecular flexibility index (Phi) is 4.04. The highest BCUT2D eigenvalue weighted by molar-refractivity contribution is 5.69. The number of carboxylic acids is 1. The summed E-state index contributed by atoms with van der Waals surface area (Å²) >= 11 is 0. The van der Waals surface area contributed by atoms with Gasteiger partial charge in [0.25, 0.3) is 0 Å². The van der Waals surface area contributed by atoms with Crippen LogP contribution in [0.1, 0.15) is 43.6 Å². The lowest BCUT2D eigenvalue weighted by molar-refractivity contribution is -0.137. The van der Waals surface area contributed by atoms with Gasteiger partial charge in [0.2, 0.25) is 0 Å². The van der Waals surface area contributed by atoms with E-state index in [1.807, 2.05) is 18.2 Å². The summed E-state index contributed by atoms with van der Waals surface area (Å²) in [7, 11) is 1.63. The van der Waals surface area contributed by atoms with Gasteiger partial charge in [-0.25, -0.2) is 0 Å². The molecule has 1 atom stereocenters. The number of hydrogen-bond donors (Lipinski definition) is 1. The minimum atomic E-state index is -0.747. The highest BCUT2D eigenvalue weighted by Gasteiger charge is 2.36. The van der Waals surface area contributed by atoms with Gasteiger partial charge >= 0.3 is 5.97 Å². The monoisotopic (exact) mass is 290 g/mol. The third-order valence-electron chi connectivity index (χ3n) is 4.37. The highest BCUT2D eigenvalue weighted by Crippen LogP contribution is 2.49. The van der Waals surface area contributed by atoms with Gasteiger partial charge in [-0.2, -0.15) is 0 Å². The number of ether oxygens (including phenoxy) is 2. The SMILES string of the molecule is COc1cccc(C(CC(=O)O)C2CC2)c1OCC1CC1. The Hall–Kier alpha value is -1.71. The third kappa shape index (κ3) is 3.49. The Morgan fingerprint density at radius 1 is 1.33 bits per heavy atom. The molecule has 0 bridgehead atoms. The zero-order valence-corrected chi connectivity index (χ0v) is 12.4. The van der Waals surface area contributed by atoms with E-state index < -0.39 is 5.97 Å². The quantitative estimate of drug-likeness (QED) is 0.796. The molecule has 2 fully saturated rings. The van der Waals surface area contributed by atoms with Gasteiger partial charge in [0.05, 0.1) is 20.1 Å². The van der Waals surface area contributed by atoms with Gasteiger partial charge in [-0.3, -0.25) is 4.79 Å². The lowest BCUT2D eigenvalue weighted by atomic mass is 9.90. The van der Waals surface area contributed by atoms with E-state index in [4.69, 9.17) is 9.47 Å². The Morgan fingerprint density at radius 3 is 2.67 bits per heavy atom. The number of methoxy groups -OCH3 is 1. The molecule has 0 aliphatic heterocycles. The minimum absolute atomic E-state index is 0.0341. The van der Waals surface area contributed by atoms with Crippen molar-refractivity contribution in [2.24, 2.45) is 11.8 Å². The van der Waals surface area contributed by atoms with Gasteiger partial charge in [-0.1, -0.05) is 12.1 Å². The van der Waals surface area contributed by atoms with Crippen molar-refractivity contribution in [1.82, 2.24) is 0 Å². The van der Waals surface area contributed by atoms with Gasteiger partial charge < -0.3 is 14.6 Å². The van der Waals surface area contributed by atoms with Crippen LogP contribution in [0.2, 0.25) is 0 Å². The number of carboxylic acid groups (broad SMARTS) is 1. The van der Waals surface area contributed by atoms with Crippen molar-refractivity contribution in [2.45, 2.75) is 38.0 Å². The first-order chi connectivity index (χ1) is 10.2. The van der Waals surface area contributed by atoms with Crippen LogP contribution in [-0.2, 0) is 4.79 Å². The molecule has 4 heteroatoms. The van der Waals surface area contributed by atoms with E-state index in [1.54, 1.807) is 7.11 Å². The van der Waals surface area contributed by atoms with Crippen LogP contribution in [0.15, 0.2) is 18.2 Å². The van der Waals surface area contributed by atoms with Crippen LogP contribution in [0.3, 0.4) is 0 Å². The molecule has 0 heterocycles. The van der Waals surface area contributed by atoms with Crippen LogP contribution >= 0.6 is 0 Å². The van der Waals surface area contributed by atoms with Crippen molar-refractivity contribution in [3.05, 3.63) is 23.8 Å². The third-order valence-corrected chi connectivity index (χ3v) is 4.37. The Bertz CT molecular complexity index is 518. The standard InChI is InChI=1S/C17H22O4/c1-20-15-4-2-3-13(17(15)21-10-11-5-6-11)14(9-16(18)19)12-7-8-12/h2-4,11-12,14H,5-10H2,1H3,(H,18,19). The summed E-state index contributed by atoms with van der Waals surface area (Å²) in [6.07, 6.45) is 4.84. The molecule has 114 valence electrons. The summed E-state index contributed by atoms with van der Waals surface area (Å²) in [6.45, 7) is 0.706. The lowest BCUT2D eigenvalue weighted by Crippen LogP contribution is -2.12. The summed E-state index contributed by atoms with van der Waals surface area (Å²) < 4.78 is 11.4. The highest BCUT2D eigenvalue weighted by atomic mass is 16.5. The molecule has 0 radical (unpaired) electrons. The lowest BCUT2D eigenvalue weighted by Gasteiger charge is -2.21. The molecule has 0 aromatic heterocycles. The zero-order chi connectivity index (χ0) is 14.8. The van der Waals surface area contributed by atoms with E-state index in [9.17, 15) is 9.90 Å². The van der Waals surface area contributed by atoms with Crippen molar-refractivity contribution in [3.8, 4) is 11.5 Å². The number of aliphatic carboxylic acids is 1. The van der Waals surface area contributed by atoms with Crippen LogP contribution in [0.5, 0.6) is 11.5 Å². The summed E-state index contributed by atoms with van der Waals surface area (Å²) in [6, 6.07) is 5.81. The Balaban J connectivity index is 1.88. The molecule has 1 aromatic rings. The number of benzene rings is 1. The predicted octanol–water partition coefficient (Wildman–Crippen LogP) is 3.45. The summed E-state index contributed by atoms with van der Waals surface area (Å²) in [5.74, 6) is 1.88. The molecule has 0 saturated heterocycles. The van der Waals surface area contributed by atoms with Crippen molar-refractivity contribution in [3.63, 3.8) is 0 Å². The average Bonchev–Trinajstić information content (AvgIpc) is 3.35. The first-order valence-corrected chi connectivity index (χ1v) is 7.70. The van der Waals surface area contributed by atoms with E-state index in [-0.39, 0.29) is 12.3 Å². The maximum atomic E-state index is 11.2. The second-order valence-corrected chi connectivity index (χ2v) is 6.17. The predicted molar refractivity (Wildman–Crippen MR) is 78.9 cm³/mol. The van der Waals surface area contributed by atoms with Crippen LogP contribution in [0.25, 0.3) is 0 Å². The number of rotatable bonds is 8. The number of carbonyl (C=O) groups is 1. The molecule has 2 aliphatic rings. The van der Waals surface area contributed by atoms with Crippen molar-refractivity contribution in [2.75, 3.05) is 13.7 Å². The van der Waals surface area contributed by atoms with Crippen LogP contribution < -0.4 is 9.47 Å². The molecule has 3 rings (SSSR count). The van der Waals surface area contributed by atoms with Crippen LogP contribution in [-0.4, -0.2) is 24.8 Å². The van der Waals surface area contributed by atoms with Crippen molar-refractivity contribution >= 4 is 5.97 Å². The first kappa shape index (κ1) is 14.2. The fourth-order valence-electron chi connectivity index (χ4n) is 2.84. The van der Waals surface area contributed by atoms with Crippen molar-refractivity contribution in [1.29, 1.82) is 0 Å². The maximum absolute atomic E-state index is 11.2. The van der Waals surface area contributed by atoms with Crippen LogP contribution in [0.4, 0.5) is 0 Å². The van der Waals surface area contributed by atoms with Crippen LogP contribution in [0, 0.1) is 11.8 Å². The van der Waals surface area contributed by atoms with Crippen molar-refractivity contribution < 1.29 is 19.4 Å². The average molecular weight is 290 g/mol. The Morgan fingerprint density at radius 2 is 2.10 bits per heavy atom. The smallest absolute Gasteiger partial charge is 0.303 e. The van der Waals surface area contributed by atoms with Gasteiger partial charge in [-0.15, -0.1) is 0 Å². The van der Waals surface area contributed by atoms with E-state index in [2.05, 4.69) is 0 Å². The number of hydrogen-bond acceptors (Lipinski definition) is 3.